The summed E-state index contributed by atoms with van der Waals surface area (Å²) in [7, 11) is 0. The molecule has 1 amide bonds. The normalized spacial score (nSPS) is 16.5. The molecule has 1 saturated carbocycles. The Morgan fingerprint density at radius 2 is 1.78 bits per heavy atom. The van der Waals surface area contributed by atoms with Gasteiger partial charge in [-0.15, -0.1) is 0 Å². The second-order valence-corrected chi connectivity index (χ2v) is 6.82. The first-order valence-corrected chi connectivity index (χ1v) is 8.56. The predicted molar refractivity (Wildman–Crippen MR) is 90.6 cm³/mol. The second kappa shape index (κ2) is 7.62. The van der Waals surface area contributed by atoms with Crippen molar-refractivity contribution in [2.45, 2.75) is 63.7 Å². The SMILES string of the molecule is CC(C)c1ccc(C2(C(=O)NCCCC(=O)O)CCCC2)cc1. The van der Waals surface area contributed by atoms with Crippen molar-refractivity contribution in [3.05, 3.63) is 35.4 Å². The average Bonchev–Trinajstić information content (AvgIpc) is 3.02. The number of hydrogen-bond donors (Lipinski definition) is 2. The summed E-state index contributed by atoms with van der Waals surface area (Å²) >= 11 is 0. The minimum atomic E-state index is -0.820. The van der Waals surface area contributed by atoms with Gasteiger partial charge in [0, 0.05) is 13.0 Å². The third kappa shape index (κ3) is 4.12. The zero-order valence-electron chi connectivity index (χ0n) is 14.1. The Labute approximate surface area is 138 Å². The van der Waals surface area contributed by atoms with E-state index in [1.54, 1.807) is 0 Å². The first-order valence-electron chi connectivity index (χ1n) is 8.56. The van der Waals surface area contributed by atoms with E-state index in [9.17, 15) is 9.59 Å². The van der Waals surface area contributed by atoms with Crippen LogP contribution in [0.2, 0.25) is 0 Å². The minimum absolute atomic E-state index is 0.0534. The summed E-state index contributed by atoms with van der Waals surface area (Å²) in [5, 5.41) is 11.6. The molecule has 0 unspecified atom stereocenters. The first-order chi connectivity index (χ1) is 11.0. The zero-order chi connectivity index (χ0) is 16.9. The summed E-state index contributed by atoms with van der Waals surface area (Å²) in [4.78, 5) is 23.3. The quantitative estimate of drug-likeness (QED) is 0.755. The number of amides is 1. The maximum atomic E-state index is 12.8. The van der Waals surface area contributed by atoms with Crippen molar-refractivity contribution in [1.29, 1.82) is 0 Å². The van der Waals surface area contributed by atoms with Crippen molar-refractivity contribution in [2.24, 2.45) is 0 Å². The highest BCUT2D eigenvalue weighted by molar-refractivity contribution is 5.88. The molecule has 0 spiro atoms. The molecule has 0 aliphatic heterocycles. The van der Waals surface area contributed by atoms with Gasteiger partial charge < -0.3 is 10.4 Å². The Morgan fingerprint density at radius 3 is 2.30 bits per heavy atom. The Morgan fingerprint density at radius 1 is 1.17 bits per heavy atom. The van der Waals surface area contributed by atoms with Gasteiger partial charge in [-0.05, 0) is 36.3 Å². The molecule has 0 radical (unpaired) electrons. The van der Waals surface area contributed by atoms with Crippen molar-refractivity contribution in [1.82, 2.24) is 5.32 Å². The number of hydrogen-bond acceptors (Lipinski definition) is 2. The topological polar surface area (TPSA) is 66.4 Å². The van der Waals surface area contributed by atoms with Crippen LogP contribution in [0.4, 0.5) is 0 Å². The van der Waals surface area contributed by atoms with E-state index >= 15 is 0 Å². The summed E-state index contributed by atoms with van der Waals surface area (Å²) in [6.45, 7) is 4.75. The summed E-state index contributed by atoms with van der Waals surface area (Å²) in [6.07, 6.45) is 4.44. The van der Waals surface area contributed by atoms with Crippen LogP contribution in [0.1, 0.15) is 69.4 Å². The number of carbonyl (C=O) groups is 2. The summed E-state index contributed by atoms with van der Waals surface area (Å²) in [5.74, 6) is -0.287. The summed E-state index contributed by atoms with van der Waals surface area (Å²) in [6, 6.07) is 8.44. The second-order valence-electron chi connectivity index (χ2n) is 6.82. The standard InChI is InChI=1S/C19H27NO3/c1-14(2)15-7-9-16(10-8-15)19(11-3-4-12-19)18(23)20-13-5-6-17(21)22/h7-10,14H,3-6,11-13H2,1-2H3,(H,20,23)(H,21,22). The number of carboxylic acid groups (broad SMARTS) is 1. The highest BCUT2D eigenvalue weighted by Gasteiger charge is 2.42. The number of nitrogens with one attached hydrogen (secondary N) is 1. The number of carboxylic acids is 1. The van der Waals surface area contributed by atoms with Crippen LogP contribution in [0.15, 0.2) is 24.3 Å². The number of carbonyl (C=O) groups excluding carboxylic acids is 1. The van der Waals surface area contributed by atoms with E-state index in [1.165, 1.54) is 5.56 Å². The van der Waals surface area contributed by atoms with Gasteiger partial charge in [-0.2, -0.15) is 0 Å². The molecule has 0 heterocycles. The van der Waals surface area contributed by atoms with Gasteiger partial charge in [-0.25, -0.2) is 0 Å². The molecule has 23 heavy (non-hydrogen) atoms. The van der Waals surface area contributed by atoms with Crippen molar-refractivity contribution < 1.29 is 14.7 Å². The highest BCUT2D eigenvalue weighted by Crippen LogP contribution is 2.41. The van der Waals surface area contributed by atoms with E-state index in [2.05, 4.69) is 43.4 Å². The Hall–Kier alpha value is -1.84. The van der Waals surface area contributed by atoms with Crippen LogP contribution in [0.3, 0.4) is 0 Å². The maximum Gasteiger partial charge on any atom is 0.303 e. The molecule has 1 fully saturated rings. The minimum Gasteiger partial charge on any atom is -0.481 e. The van der Waals surface area contributed by atoms with E-state index in [1.807, 2.05) is 0 Å². The molecule has 1 aromatic carbocycles. The molecule has 0 bridgehead atoms. The van der Waals surface area contributed by atoms with Gasteiger partial charge in [0.1, 0.15) is 0 Å². The lowest BCUT2D eigenvalue weighted by Crippen LogP contribution is -2.43. The highest BCUT2D eigenvalue weighted by atomic mass is 16.4. The lowest BCUT2D eigenvalue weighted by Gasteiger charge is -2.28. The smallest absolute Gasteiger partial charge is 0.303 e. The first kappa shape index (κ1) is 17.5. The predicted octanol–water partition coefficient (Wildman–Crippen LogP) is 3.60. The molecule has 4 heteroatoms. The van der Waals surface area contributed by atoms with Gasteiger partial charge >= 0.3 is 5.97 Å². The van der Waals surface area contributed by atoms with E-state index in [0.717, 1.165) is 31.2 Å². The molecule has 1 aliphatic carbocycles. The fraction of sp³-hybridized carbons (Fsp3) is 0.579. The molecular formula is C19H27NO3. The van der Waals surface area contributed by atoms with Crippen LogP contribution in [0.25, 0.3) is 0 Å². The van der Waals surface area contributed by atoms with Crippen LogP contribution in [0.5, 0.6) is 0 Å². The molecule has 126 valence electrons. The molecule has 0 saturated heterocycles. The van der Waals surface area contributed by atoms with Crippen LogP contribution in [-0.2, 0) is 15.0 Å². The van der Waals surface area contributed by atoms with Gasteiger partial charge in [0.05, 0.1) is 5.41 Å². The van der Waals surface area contributed by atoms with Gasteiger partial charge in [0.15, 0.2) is 0 Å². The van der Waals surface area contributed by atoms with E-state index in [-0.39, 0.29) is 12.3 Å². The largest absolute Gasteiger partial charge is 0.481 e. The van der Waals surface area contributed by atoms with E-state index in [4.69, 9.17) is 5.11 Å². The van der Waals surface area contributed by atoms with Crippen LogP contribution >= 0.6 is 0 Å². The fourth-order valence-electron chi connectivity index (χ4n) is 3.42. The lowest BCUT2D eigenvalue weighted by atomic mass is 9.77. The maximum absolute atomic E-state index is 12.8. The molecule has 1 aromatic rings. The zero-order valence-corrected chi connectivity index (χ0v) is 14.1. The molecule has 4 nitrogen and oxygen atoms in total. The van der Waals surface area contributed by atoms with Gasteiger partial charge in [0.25, 0.3) is 0 Å². The average molecular weight is 317 g/mol. The molecule has 1 aliphatic rings. The Balaban J connectivity index is 2.09. The van der Waals surface area contributed by atoms with Crippen LogP contribution < -0.4 is 5.32 Å². The molecule has 2 N–H and O–H groups in total. The summed E-state index contributed by atoms with van der Waals surface area (Å²) in [5.41, 5.74) is 1.94. The molecule has 0 aromatic heterocycles. The van der Waals surface area contributed by atoms with Crippen molar-refractivity contribution in [2.75, 3.05) is 6.54 Å². The Bertz CT molecular complexity index is 542. The van der Waals surface area contributed by atoms with Crippen molar-refractivity contribution in [3.8, 4) is 0 Å². The van der Waals surface area contributed by atoms with Gasteiger partial charge in [-0.3, -0.25) is 9.59 Å². The number of benzene rings is 1. The Kier molecular flexibility index (Phi) is 5.80. The molecular weight excluding hydrogens is 290 g/mol. The van der Waals surface area contributed by atoms with Crippen molar-refractivity contribution >= 4 is 11.9 Å². The van der Waals surface area contributed by atoms with Gasteiger partial charge in [0.2, 0.25) is 5.91 Å². The van der Waals surface area contributed by atoms with E-state index < -0.39 is 11.4 Å². The monoisotopic (exact) mass is 317 g/mol. The summed E-state index contributed by atoms with van der Waals surface area (Å²) < 4.78 is 0. The third-order valence-electron chi connectivity index (χ3n) is 4.87. The van der Waals surface area contributed by atoms with E-state index in [0.29, 0.717) is 18.9 Å². The van der Waals surface area contributed by atoms with Gasteiger partial charge in [-0.1, -0.05) is 51.0 Å². The lowest BCUT2D eigenvalue weighted by molar-refractivity contribution is -0.137. The fourth-order valence-corrected chi connectivity index (χ4v) is 3.42. The molecule has 2 rings (SSSR count). The molecule has 0 atom stereocenters. The van der Waals surface area contributed by atoms with Crippen LogP contribution in [-0.4, -0.2) is 23.5 Å². The van der Waals surface area contributed by atoms with Crippen molar-refractivity contribution in [3.63, 3.8) is 0 Å². The third-order valence-corrected chi connectivity index (χ3v) is 4.87. The van der Waals surface area contributed by atoms with Crippen LogP contribution in [0, 0.1) is 0 Å². The number of aliphatic carboxylic acids is 1. The number of rotatable bonds is 7.